The molecule has 154 valence electrons. The van der Waals surface area contributed by atoms with Crippen LogP contribution in [0.5, 0.6) is 0 Å². The van der Waals surface area contributed by atoms with E-state index >= 15 is 0 Å². The number of hydrogen-bond donors (Lipinski definition) is 2. The van der Waals surface area contributed by atoms with Gasteiger partial charge in [-0.1, -0.05) is 30.3 Å². The Hall–Kier alpha value is -2.48. The second-order valence-corrected chi connectivity index (χ2v) is 7.71. The number of likely N-dealkylation sites (tertiary alicyclic amines) is 1. The molecule has 1 aromatic carbocycles. The van der Waals surface area contributed by atoms with E-state index in [2.05, 4.69) is 9.88 Å². The lowest BCUT2D eigenvalue weighted by atomic mass is 9.96. The van der Waals surface area contributed by atoms with Crippen LogP contribution in [0.25, 0.3) is 0 Å². The minimum absolute atomic E-state index is 0.148. The molecule has 0 bridgehead atoms. The summed E-state index contributed by atoms with van der Waals surface area (Å²) >= 11 is 0. The molecule has 1 aromatic heterocycles. The number of hydrogen-bond acceptors (Lipinski definition) is 5. The predicted octanol–water partition coefficient (Wildman–Crippen LogP) is 1.41. The van der Waals surface area contributed by atoms with Gasteiger partial charge in [0.05, 0.1) is 24.9 Å². The molecule has 7 heteroatoms. The van der Waals surface area contributed by atoms with Crippen molar-refractivity contribution < 1.29 is 14.6 Å². The number of aliphatic hydroxyl groups is 1. The number of morpholine rings is 1. The van der Waals surface area contributed by atoms with Crippen LogP contribution in [0.3, 0.4) is 0 Å². The highest BCUT2D eigenvalue weighted by Crippen LogP contribution is 2.31. The quantitative estimate of drug-likeness (QED) is 0.815. The monoisotopic (exact) mass is 397 g/mol. The second-order valence-electron chi connectivity index (χ2n) is 7.71. The molecule has 0 radical (unpaired) electrons. The lowest BCUT2D eigenvalue weighted by Crippen LogP contribution is -2.53. The number of ether oxygens (including phenoxy) is 1. The molecule has 2 fully saturated rings. The molecule has 2 atom stereocenters. The number of aliphatic hydroxyl groups excluding tert-OH is 1. The van der Waals surface area contributed by atoms with E-state index in [-0.39, 0.29) is 35.3 Å². The van der Waals surface area contributed by atoms with Gasteiger partial charge in [-0.25, -0.2) is 0 Å². The van der Waals surface area contributed by atoms with Gasteiger partial charge in [-0.2, -0.15) is 0 Å². The predicted molar refractivity (Wildman–Crippen MR) is 109 cm³/mol. The normalized spacial score (nSPS) is 23.8. The average molecular weight is 397 g/mol. The van der Waals surface area contributed by atoms with E-state index in [1.54, 1.807) is 17.0 Å². The zero-order chi connectivity index (χ0) is 20.2. The molecule has 2 aromatic rings. The number of carbonyl (C=O) groups is 1. The summed E-state index contributed by atoms with van der Waals surface area (Å²) in [6, 6.07) is 12.8. The van der Waals surface area contributed by atoms with Gasteiger partial charge in [0.1, 0.15) is 5.56 Å². The first kappa shape index (κ1) is 19.8. The third kappa shape index (κ3) is 4.42. The molecule has 0 aliphatic carbocycles. The minimum atomic E-state index is -0.377. The van der Waals surface area contributed by atoms with Gasteiger partial charge in [0, 0.05) is 32.4 Å². The number of amides is 1. The van der Waals surface area contributed by atoms with E-state index in [0.29, 0.717) is 19.7 Å². The maximum absolute atomic E-state index is 13.3. The summed E-state index contributed by atoms with van der Waals surface area (Å²) in [5, 5.41) is 9.79. The van der Waals surface area contributed by atoms with Gasteiger partial charge < -0.3 is 24.6 Å². The van der Waals surface area contributed by atoms with Crippen molar-refractivity contribution in [2.24, 2.45) is 0 Å². The number of piperidine rings is 1. The van der Waals surface area contributed by atoms with Crippen LogP contribution in [-0.4, -0.2) is 70.8 Å². The fourth-order valence-electron chi connectivity index (χ4n) is 4.26. The largest absolute Gasteiger partial charge is 0.393 e. The molecular weight excluding hydrogens is 370 g/mol. The number of carbonyl (C=O) groups excluding carboxylic acids is 1. The minimum Gasteiger partial charge on any atom is -0.393 e. The summed E-state index contributed by atoms with van der Waals surface area (Å²) in [5.74, 6) is -0.275. The molecule has 1 amide bonds. The van der Waals surface area contributed by atoms with Gasteiger partial charge in [0.2, 0.25) is 0 Å². The number of nitrogens with one attached hydrogen (secondary N) is 1. The van der Waals surface area contributed by atoms with Crippen LogP contribution in [-0.2, 0) is 4.74 Å². The van der Waals surface area contributed by atoms with Crippen molar-refractivity contribution in [2.45, 2.75) is 31.1 Å². The number of rotatable bonds is 4. The van der Waals surface area contributed by atoms with Crippen LogP contribution in [0.4, 0.5) is 0 Å². The van der Waals surface area contributed by atoms with Gasteiger partial charge in [0.15, 0.2) is 0 Å². The molecule has 7 nitrogen and oxygen atoms in total. The van der Waals surface area contributed by atoms with Crippen LogP contribution in [0.15, 0.2) is 53.5 Å². The SMILES string of the molecule is O=C(c1ccc[nH]c1=O)N1CCO[C@@H](CN2CCC(O)CC2)[C@@H]1c1ccccc1. The van der Waals surface area contributed by atoms with E-state index in [1.165, 1.54) is 6.20 Å². The van der Waals surface area contributed by atoms with Crippen LogP contribution in [0, 0.1) is 0 Å². The molecule has 0 spiro atoms. The first-order valence-electron chi connectivity index (χ1n) is 10.2. The van der Waals surface area contributed by atoms with Crippen LogP contribution in [0.2, 0.25) is 0 Å². The number of aromatic amines is 1. The molecule has 0 saturated carbocycles. The number of aromatic nitrogens is 1. The van der Waals surface area contributed by atoms with E-state index in [4.69, 9.17) is 4.74 Å². The summed E-state index contributed by atoms with van der Waals surface area (Å²) < 4.78 is 6.14. The Kier molecular flexibility index (Phi) is 6.08. The van der Waals surface area contributed by atoms with Crippen LogP contribution >= 0.6 is 0 Å². The average Bonchev–Trinajstić information content (AvgIpc) is 2.76. The molecule has 0 unspecified atom stereocenters. The summed E-state index contributed by atoms with van der Waals surface area (Å²) in [7, 11) is 0. The third-order valence-corrected chi connectivity index (χ3v) is 5.80. The number of nitrogens with zero attached hydrogens (tertiary/aromatic N) is 2. The van der Waals surface area contributed by atoms with Crippen LogP contribution in [0.1, 0.15) is 34.8 Å². The van der Waals surface area contributed by atoms with Crippen LogP contribution < -0.4 is 5.56 Å². The van der Waals surface area contributed by atoms with E-state index in [1.807, 2.05) is 30.3 Å². The maximum Gasteiger partial charge on any atom is 0.260 e. The highest BCUT2D eigenvalue weighted by atomic mass is 16.5. The lowest BCUT2D eigenvalue weighted by Gasteiger charge is -2.43. The van der Waals surface area contributed by atoms with Gasteiger partial charge in [-0.15, -0.1) is 0 Å². The molecule has 4 rings (SSSR count). The van der Waals surface area contributed by atoms with Crippen molar-refractivity contribution in [1.82, 2.24) is 14.8 Å². The molecule has 2 aliphatic rings. The lowest BCUT2D eigenvalue weighted by molar-refractivity contribution is -0.0771. The highest BCUT2D eigenvalue weighted by molar-refractivity contribution is 5.94. The zero-order valence-electron chi connectivity index (χ0n) is 16.4. The molecule has 2 saturated heterocycles. The molecular formula is C22H27N3O4. The van der Waals surface area contributed by atoms with E-state index in [0.717, 1.165) is 31.5 Å². The van der Waals surface area contributed by atoms with Crippen molar-refractivity contribution in [3.63, 3.8) is 0 Å². The summed E-state index contributed by atoms with van der Waals surface area (Å²) in [4.78, 5) is 32.1. The summed E-state index contributed by atoms with van der Waals surface area (Å²) in [6.45, 7) is 3.17. The fraction of sp³-hybridized carbons (Fsp3) is 0.455. The Labute approximate surface area is 169 Å². The molecule has 2 N–H and O–H groups in total. The van der Waals surface area contributed by atoms with Crippen molar-refractivity contribution in [1.29, 1.82) is 0 Å². The van der Waals surface area contributed by atoms with E-state index in [9.17, 15) is 14.7 Å². The second kappa shape index (κ2) is 8.90. The smallest absolute Gasteiger partial charge is 0.260 e. The molecule has 2 aliphatic heterocycles. The van der Waals surface area contributed by atoms with Gasteiger partial charge in [-0.3, -0.25) is 9.59 Å². The Morgan fingerprint density at radius 1 is 1.10 bits per heavy atom. The van der Waals surface area contributed by atoms with Gasteiger partial charge in [-0.05, 0) is 30.5 Å². The van der Waals surface area contributed by atoms with Crippen molar-refractivity contribution in [2.75, 3.05) is 32.8 Å². The van der Waals surface area contributed by atoms with Crippen molar-refractivity contribution in [3.8, 4) is 0 Å². The molecule has 29 heavy (non-hydrogen) atoms. The Morgan fingerprint density at radius 3 is 2.59 bits per heavy atom. The third-order valence-electron chi connectivity index (χ3n) is 5.80. The van der Waals surface area contributed by atoms with Crippen molar-refractivity contribution in [3.05, 3.63) is 70.1 Å². The summed E-state index contributed by atoms with van der Waals surface area (Å²) in [5.41, 5.74) is 0.766. The number of pyridine rings is 1. The first-order chi connectivity index (χ1) is 14.1. The van der Waals surface area contributed by atoms with Gasteiger partial charge >= 0.3 is 0 Å². The van der Waals surface area contributed by atoms with Gasteiger partial charge in [0.25, 0.3) is 11.5 Å². The Bertz CT molecular complexity index is 877. The Morgan fingerprint density at radius 2 is 1.86 bits per heavy atom. The van der Waals surface area contributed by atoms with E-state index < -0.39 is 0 Å². The van der Waals surface area contributed by atoms with Crippen molar-refractivity contribution >= 4 is 5.91 Å². The zero-order valence-corrected chi connectivity index (χ0v) is 16.4. The fourth-order valence-corrected chi connectivity index (χ4v) is 4.26. The number of benzene rings is 1. The topological polar surface area (TPSA) is 85.9 Å². The standard InChI is InChI=1S/C22H27N3O4/c26-17-8-11-24(12-9-17)15-19-20(16-5-2-1-3-6-16)25(13-14-29-19)22(28)18-7-4-10-23-21(18)27/h1-7,10,17,19-20,26H,8-9,11-15H2,(H,23,27)/t19-,20-/m0/s1. The summed E-state index contributed by atoms with van der Waals surface area (Å²) in [6.07, 6.45) is 2.61. The first-order valence-corrected chi connectivity index (χ1v) is 10.2. The maximum atomic E-state index is 13.3. The molecule has 3 heterocycles. The Balaban J connectivity index is 1.62. The number of H-pyrrole nitrogens is 1. The highest BCUT2D eigenvalue weighted by Gasteiger charge is 2.38.